The summed E-state index contributed by atoms with van der Waals surface area (Å²) in [5.41, 5.74) is 1.19. The highest BCUT2D eigenvalue weighted by Gasteiger charge is 2.41. The first-order valence-corrected chi connectivity index (χ1v) is 9.46. The molecule has 0 bridgehead atoms. The van der Waals surface area contributed by atoms with Gasteiger partial charge in [0.2, 0.25) is 5.88 Å². The van der Waals surface area contributed by atoms with Gasteiger partial charge >= 0.3 is 0 Å². The molecular weight excluding hydrogens is 322 g/mol. The van der Waals surface area contributed by atoms with Crippen LogP contribution in [-0.4, -0.2) is 46.8 Å². The van der Waals surface area contributed by atoms with Gasteiger partial charge in [-0.2, -0.15) is 0 Å². The molecule has 0 amide bonds. The van der Waals surface area contributed by atoms with E-state index in [1.165, 1.54) is 5.69 Å². The number of fused-ring (bicyclic) bond motifs is 1. The SMILES string of the molecule is Cc1nc(CN2CCO[C@@H]3C[C@@H](COc4ccccn4)C[C@H]32)cs1. The lowest BCUT2D eigenvalue weighted by molar-refractivity contribution is -0.0593. The van der Waals surface area contributed by atoms with Crippen molar-refractivity contribution in [2.24, 2.45) is 5.92 Å². The second kappa shape index (κ2) is 7.17. The molecule has 0 N–H and O–H groups in total. The van der Waals surface area contributed by atoms with Crippen LogP contribution >= 0.6 is 11.3 Å². The average Bonchev–Trinajstić information content (AvgIpc) is 3.20. The first-order chi connectivity index (χ1) is 11.8. The van der Waals surface area contributed by atoms with Crippen LogP contribution in [0.4, 0.5) is 0 Å². The van der Waals surface area contributed by atoms with Gasteiger partial charge in [-0.1, -0.05) is 6.07 Å². The Balaban J connectivity index is 1.35. The minimum Gasteiger partial charge on any atom is -0.477 e. The van der Waals surface area contributed by atoms with Crippen LogP contribution in [0.3, 0.4) is 0 Å². The van der Waals surface area contributed by atoms with Crippen LogP contribution in [-0.2, 0) is 11.3 Å². The highest BCUT2D eigenvalue weighted by molar-refractivity contribution is 7.09. The zero-order valence-electron chi connectivity index (χ0n) is 13.9. The van der Waals surface area contributed by atoms with E-state index in [0.29, 0.717) is 23.9 Å². The van der Waals surface area contributed by atoms with E-state index in [9.17, 15) is 0 Å². The molecule has 1 aliphatic heterocycles. The van der Waals surface area contributed by atoms with Crippen molar-refractivity contribution in [1.82, 2.24) is 14.9 Å². The van der Waals surface area contributed by atoms with Gasteiger partial charge in [0.05, 0.1) is 30.0 Å². The molecular formula is C18H23N3O2S. The van der Waals surface area contributed by atoms with E-state index >= 15 is 0 Å². The maximum atomic E-state index is 6.03. The number of morpholine rings is 1. The Hall–Kier alpha value is -1.50. The molecule has 1 saturated heterocycles. The lowest BCUT2D eigenvalue weighted by Gasteiger charge is -2.37. The number of ether oxygens (including phenoxy) is 2. The Labute approximate surface area is 146 Å². The number of hydrogen-bond donors (Lipinski definition) is 0. The largest absolute Gasteiger partial charge is 0.477 e. The number of aromatic nitrogens is 2. The van der Waals surface area contributed by atoms with Crippen LogP contribution in [0.25, 0.3) is 0 Å². The van der Waals surface area contributed by atoms with Crippen LogP contribution in [0.5, 0.6) is 5.88 Å². The minimum atomic E-state index is 0.329. The molecule has 2 fully saturated rings. The summed E-state index contributed by atoms with van der Waals surface area (Å²) in [6.07, 6.45) is 4.30. The smallest absolute Gasteiger partial charge is 0.213 e. The Morgan fingerprint density at radius 2 is 2.33 bits per heavy atom. The first kappa shape index (κ1) is 16.0. The fourth-order valence-electron chi connectivity index (χ4n) is 3.78. The molecule has 3 atom stereocenters. The van der Waals surface area contributed by atoms with Crippen molar-refractivity contribution >= 4 is 11.3 Å². The predicted molar refractivity (Wildman–Crippen MR) is 93.2 cm³/mol. The van der Waals surface area contributed by atoms with Crippen LogP contribution < -0.4 is 4.74 Å². The van der Waals surface area contributed by atoms with Crippen molar-refractivity contribution in [3.8, 4) is 5.88 Å². The van der Waals surface area contributed by atoms with Crippen LogP contribution in [0, 0.1) is 12.8 Å². The Kier molecular flexibility index (Phi) is 4.78. The van der Waals surface area contributed by atoms with Crippen molar-refractivity contribution in [2.45, 2.75) is 38.5 Å². The van der Waals surface area contributed by atoms with Gasteiger partial charge in [-0.3, -0.25) is 4.90 Å². The van der Waals surface area contributed by atoms with Crippen LogP contribution in [0.15, 0.2) is 29.8 Å². The molecule has 0 radical (unpaired) electrons. The fraction of sp³-hybridized carbons (Fsp3) is 0.556. The summed E-state index contributed by atoms with van der Waals surface area (Å²) in [4.78, 5) is 11.4. The summed E-state index contributed by atoms with van der Waals surface area (Å²) < 4.78 is 11.9. The zero-order chi connectivity index (χ0) is 16.4. The summed E-state index contributed by atoms with van der Waals surface area (Å²) in [6, 6.07) is 6.26. The summed E-state index contributed by atoms with van der Waals surface area (Å²) in [5, 5.41) is 3.32. The van der Waals surface area contributed by atoms with Crippen molar-refractivity contribution < 1.29 is 9.47 Å². The maximum absolute atomic E-state index is 6.03. The van der Waals surface area contributed by atoms with Crippen molar-refractivity contribution in [3.05, 3.63) is 40.5 Å². The van der Waals surface area contributed by atoms with Crippen molar-refractivity contribution in [1.29, 1.82) is 0 Å². The first-order valence-electron chi connectivity index (χ1n) is 8.58. The van der Waals surface area contributed by atoms with Gasteiger partial charge in [-0.25, -0.2) is 9.97 Å². The third-order valence-corrected chi connectivity index (χ3v) is 5.71. The van der Waals surface area contributed by atoms with Crippen LogP contribution in [0.2, 0.25) is 0 Å². The average molecular weight is 345 g/mol. The highest BCUT2D eigenvalue weighted by atomic mass is 32.1. The third kappa shape index (κ3) is 3.61. The molecule has 6 heteroatoms. The molecule has 2 aromatic rings. The third-order valence-electron chi connectivity index (χ3n) is 4.89. The topological polar surface area (TPSA) is 47.5 Å². The number of thiazole rings is 1. The molecule has 0 aromatic carbocycles. The Morgan fingerprint density at radius 3 is 3.12 bits per heavy atom. The normalized spacial score (nSPS) is 27.1. The van der Waals surface area contributed by atoms with Gasteiger partial charge in [0.25, 0.3) is 0 Å². The van der Waals surface area contributed by atoms with E-state index in [1.54, 1.807) is 17.5 Å². The van der Waals surface area contributed by atoms with Gasteiger partial charge in [0, 0.05) is 36.8 Å². The van der Waals surface area contributed by atoms with Gasteiger partial charge in [0.15, 0.2) is 0 Å². The highest BCUT2D eigenvalue weighted by Crippen LogP contribution is 2.35. The van der Waals surface area contributed by atoms with E-state index in [0.717, 1.165) is 44.2 Å². The molecule has 2 aliphatic rings. The van der Waals surface area contributed by atoms with Gasteiger partial charge < -0.3 is 9.47 Å². The molecule has 3 heterocycles. The summed E-state index contributed by atoms with van der Waals surface area (Å²) in [6.45, 7) is 5.53. The molecule has 4 rings (SSSR count). The number of pyridine rings is 1. The molecule has 128 valence electrons. The monoisotopic (exact) mass is 345 g/mol. The summed E-state index contributed by atoms with van der Waals surface area (Å²) in [7, 11) is 0. The predicted octanol–water partition coefficient (Wildman–Crippen LogP) is 2.90. The molecule has 0 spiro atoms. The van der Waals surface area contributed by atoms with E-state index in [4.69, 9.17) is 9.47 Å². The molecule has 1 saturated carbocycles. The quantitative estimate of drug-likeness (QED) is 0.834. The van der Waals surface area contributed by atoms with Gasteiger partial charge in [-0.05, 0) is 31.7 Å². The number of hydrogen-bond acceptors (Lipinski definition) is 6. The second-order valence-electron chi connectivity index (χ2n) is 6.62. The Morgan fingerprint density at radius 1 is 1.38 bits per heavy atom. The van der Waals surface area contributed by atoms with E-state index in [1.807, 2.05) is 18.2 Å². The number of nitrogens with zero attached hydrogens (tertiary/aromatic N) is 3. The van der Waals surface area contributed by atoms with Crippen LogP contribution in [0.1, 0.15) is 23.5 Å². The number of aryl methyl sites for hydroxylation is 1. The Bertz CT molecular complexity index is 663. The van der Waals surface area contributed by atoms with E-state index in [-0.39, 0.29) is 0 Å². The fourth-order valence-corrected chi connectivity index (χ4v) is 4.39. The van der Waals surface area contributed by atoms with E-state index < -0.39 is 0 Å². The lowest BCUT2D eigenvalue weighted by atomic mass is 10.1. The molecule has 24 heavy (non-hydrogen) atoms. The van der Waals surface area contributed by atoms with E-state index in [2.05, 4.69) is 27.2 Å². The van der Waals surface area contributed by atoms with Crippen molar-refractivity contribution in [3.63, 3.8) is 0 Å². The van der Waals surface area contributed by atoms with Crippen molar-refractivity contribution in [2.75, 3.05) is 19.8 Å². The molecule has 2 aromatic heterocycles. The lowest BCUT2D eigenvalue weighted by Crippen LogP contribution is -2.47. The second-order valence-corrected chi connectivity index (χ2v) is 7.68. The number of rotatable bonds is 5. The summed E-state index contributed by atoms with van der Waals surface area (Å²) in [5.74, 6) is 1.24. The van der Waals surface area contributed by atoms with Gasteiger partial charge in [0.1, 0.15) is 0 Å². The minimum absolute atomic E-state index is 0.329. The molecule has 5 nitrogen and oxygen atoms in total. The maximum Gasteiger partial charge on any atom is 0.213 e. The summed E-state index contributed by atoms with van der Waals surface area (Å²) >= 11 is 1.73. The molecule has 1 aliphatic carbocycles. The zero-order valence-corrected chi connectivity index (χ0v) is 14.7. The standard InChI is InChI=1S/C18H23N3O2S/c1-13-20-15(12-24-13)10-21-6-7-22-17-9-14(8-16(17)21)11-23-18-4-2-3-5-19-18/h2-5,12,14,16-17H,6-11H2,1H3/t14-,16+,17+/m0/s1. The van der Waals surface area contributed by atoms with Gasteiger partial charge in [-0.15, -0.1) is 11.3 Å². The molecule has 0 unspecified atom stereocenters.